The van der Waals surface area contributed by atoms with Gasteiger partial charge < -0.3 is 10.0 Å². The summed E-state index contributed by atoms with van der Waals surface area (Å²) < 4.78 is 0. The molecule has 1 aliphatic heterocycles. The van der Waals surface area contributed by atoms with E-state index in [-0.39, 0.29) is 6.61 Å². The molecule has 0 aromatic heterocycles. The summed E-state index contributed by atoms with van der Waals surface area (Å²) in [5.74, 6) is 0. The summed E-state index contributed by atoms with van der Waals surface area (Å²) in [7, 11) is 0. The lowest BCUT2D eigenvalue weighted by atomic mass is 10.1. The number of hydrogen-bond donors (Lipinski definition) is 1. The summed E-state index contributed by atoms with van der Waals surface area (Å²) in [4.78, 5) is 4.46. The maximum absolute atomic E-state index is 9.18. The van der Waals surface area contributed by atoms with Crippen molar-refractivity contribution in [2.45, 2.75) is 6.42 Å². The lowest BCUT2D eigenvalue weighted by Crippen LogP contribution is -2.32. The second-order valence-corrected chi connectivity index (χ2v) is 5.12. The molecule has 0 atom stereocenters. The SMILES string of the molecule is N#Cc1ccc(Cl)cc1N1CCCN(CCO)CC1. The first-order valence-corrected chi connectivity index (χ1v) is 6.90. The average Bonchev–Trinajstić information content (AvgIpc) is 2.65. The predicted molar refractivity (Wildman–Crippen MR) is 76.5 cm³/mol. The van der Waals surface area contributed by atoms with E-state index in [1.54, 1.807) is 12.1 Å². The molecule has 0 radical (unpaired) electrons. The topological polar surface area (TPSA) is 50.5 Å². The highest BCUT2D eigenvalue weighted by atomic mass is 35.5. The van der Waals surface area contributed by atoms with Crippen molar-refractivity contribution >= 4 is 17.3 Å². The van der Waals surface area contributed by atoms with E-state index in [4.69, 9.17) is 16.7 Å². The molecule has 19 heavy (non-hydrogen) atoms. The van der Waals surface area contributed by atoms with Crippen LogP contribution in [0.3, 0.4) is 0 Å². The number of anilines is 1. The Balaban J connectivity index is 2.14. The van der Waals surface area contributed by atoms with Crippen molar-refractivity contribution in [2.75, 3.05) is 44.2 Å². The molecule has 0 saturated carbocycles. The fourth-order valence-electron chi connectivity index (χ4n) is 2.44. The number of nitriles is 1. The molecule has 102 valence electrons. The monoisotopic (exact) mass is 279 g/mol. The number of halogens is 1. The molecule has 4 nitrogen and oxygen atoms in total. The molecule has 1 aliphatic rings. The van der Waals surface area contributed by atoms with E-state index in [2.05, 4.69) is 15.9 Å². The number of aliphatic hydroxyl groups excluding tert-OH is 1. The number of β-amino-alcohol motifs (C(OH)–C–C–N with tert-alkyl or cyclic N) is 1. The maximum Gasteiger partial charge on any atom is 0.101 e. The number of nitrogens with zero attached hydrogens (tertiary/aromatic N) is 3. The number of hydrogen-bond acceptors (Lipinski definition) is 4. The smallest absolute Gasteiger partial charge is 0.101 e. The van der Waals surface area contributed by atoms with Gasteiger partial charge in [-0.25, -0.2) is 0 Å². The zero-order valence-corrected chi connectivity index (χ0v) is 11.6. The van der Waals surface area contributed by atoms with Crippen molar-refractivity contribution in [1.82, 2.24) is 4.90 Å². The first-order chi connectivity index (χ1) is 9.24. The second-order valence-electron chi connectivity index (χ2n) is 4.68. The zero-order chi connectivity index (χ0) is 13.7. The molecule has 0 spiro atoms. The Kier molecular flexibility index (Phi) is 5.03. The highest BCUT2D eigenvalue weighted by Gasteiger charge is 2.17. The molecular formula is C14H18ClN3O. The van der Waals surface area contributed by atoms with Crippen LogP contribution >= 0.6 is 11.6 Å². The van der Waals surface area contributed by atoms with Crippen molar-refractivity contribution in [2.24, 2.45) is 0 Å². The zero-order valence-electron chi connectivity index (χ0n) is 10.8. The average molecular weight is 280 g/mol. The van der Waals surface area contributed by atoms with Gasteiger partial charge in [-0.15, -0.1) is 0 Å². The van der Waals surface area contributed by atoms with Gasteiger partial charge in [-0.05, 0) is 31.2 Å². The molecule has 1 aromatic carbocycles. The van der Waals surface area contributed by atoms with E-state index in [1.165, 1.54) is 0 Å². The second kappa shape index (κ2) is 6.76. The predicted octanol–water partition coefficient (Wildman–Crippen LogP) is 1.72. The van der Waals surface area contributed by atoms with E-state index >= 15 is 0 Å². The normalized spacial score (nSPS) is 17.0. The molecule has 0 unspecified atom stereocenters. The molecule has 1 saturated heterocycles. The van der Waals surface area contributed by atoms with E-state index in [9.17, 15) is 5.26 Å². The van der Waals surface area contributed by atoms with E-state index in [1.807, 2.05) is 6.07 Å². The molecule has 0 aliphatic carbocycles. The van der Waals surface area contributed by atoms with Gasteiger partial charge in [0, 0.05) is 31.2 Å². The summed E-state index contributed by atoms with van der Waals surface area (Å²) in [6.07, 6.45) is 1.03. The number of rotatable bonds is 3. The summed E-state index contributed by atoms with van der Waals surface area (Å²) in [5, 5.41) is 18.8. The molecule has 0 bridgehead atoms. The first kappa shape index (κ1) is 14.1. The molecule has 1 fully saturated rings. The van der Waals surface area contributed by atoms with Crippen LogP contribution < -0.4 is 4.90 Å². The maximum atomic E-state index is 9.18. The van der Waals surface area contributed by atoms with Crippen molar-refractivity contribution in [3.8, 4) is 6.07 Å². The molecule has 5 heteroatoms. The Hall–Kier alpha value is -1.28. The minimum absolute atomic E-state index is 0.195. The standard InChI is InChI=1S/C14H18ClN3O/c15-13-3-2-12(11-16)14(10-13)18-5-1-4-17(6-7-18)8-9-19/h2-3,10,19H,1,4-9H2. The van der Waals surface area contributed by atoms with Gasteiger partial charge in [0.15, 0.2) is 0 Å². The van der Waals surface area contributed by atoms with Gasteiger partial charge in [-0.3, -0.25) is 4.90 Å². The van der Waals surface area contributed by atoms with Gasteiger partial charge in [0.25, 0.3) is 0 Å². The van der Waals surface area contributed by atoms with Crippen molar-refractivity contribution in [1.29, 1.82) is 5.26 Å². The molecule has 1 heterocycles. The minimum Gasteiger partial charge on any atom is -0.395 e. The molecule has 1 N–H and O–H groups in total. The lowest BCUT2D eigenvalue weighted by molar-refractivity contribution is 0.204. The van der Waals surface area contributed by atoms with Gasteiger partial charge in [0.1, 0.15) is 6.07 Å². The van der Waals surface area contributed by atoms with Gasteiger partial charge in [-0.2, -0.15) is 5.26 Å². The number of aliphatic hydroxyl groups is 1. The van der Waals surface area contributed by atoms with Crippen LogP contribution in [0.4, 0.5) is 5.69 Å². The van der Waals surface area contributed by atoms with E-state index in [0.717, 1.165) is 38.3 Å². The summed E-state index contributed by atoms with van der Waals surface area (Å²) in [6.45, 7) is 4.57. The van der Waals surface area contributed by atoms with Crippen LogP contribution in [0, 0.1) is 11.3 Å². The van der Waals surface area contributed by atoms with Crippen molar-refractivity contribution in [3.63, 3.8) is 0 Å². The van der Waals surface area contributed by atoms with E-state index in [0.29, 0.717) is 17.1 Å². The van der Waals surface area contributed by atoms with Crippen LogP contribution in [-0.4, -0.2) is 49.3 Å². The Morgan fingerprint density at radius 3 is 2.84 bits per heavy atom. The molecular weight excluding hydrogens is 262 g/mol. The third kappa shape index (κ3) is 3.60. The fourth-order valence-corrected chi connectivity index (χ4v) is 2.60. The Bertz CT molecular complexity index is 472. The highest BCUT2D eigenvalue weighted by molar-refractivity contribution is 6.30. The molecule has 2 rings (SSSR count). The van der Waals surface area contributed by atoms with Crippen LogP contribution in [0.2, 0.25) is 5.02 Å². The summed E-state index contributed by atoms with van der Waals surface area (Å²) >= 11 is 6.03. The summed E-state index contributed by atoms with van der Waals surface area (Å²) in [6, 6.07) is 7.61. The van der Waals surface area contributed by atoms with Crippen molar-refractivity contribution < 1.29 is 5.11 Å². The highest BCUT2D eigenvalue weighted by Crippen LogP contribution is 2.25. The minimum atomic E-state index is 0.195. The summed E-state index contributed by atoms with van der Waals surface area (Å²) in [5.41, 5.74) is 1.58. The fraction of sp³-hybridized carbons (Fsp3) is 0.500. The van der Waals surface area contributed by atoms with Crippen LogP contribution in [0.1, 0.15) is 12.0 Å². The van der Waals surface area contributed by atoms with Gasteiger partial charge in [0.05, 0.1) is 17.9 Å². The van der Waals surface area contributed by atoms with E-state index < -0.39 is 0 Å². The van der Waals surface area contributed by atoms with Crippen LogP contribution in [0.15, 0.2) is 18.2 Å². The Morgan fingerprint density at radius 1 is 1.26 bits per heavy atom. The Labute approximate surface area is 118 Å². The molecule has 0 amide bonds. The van der Waals surface area contributed by atoms with Crippen LogP contribution in [0.25, 0.3) is 0 Å². The van der Waals surface area contributed by atoms with Crippen LogP contribution in [-0.2, 0) is 0 Å². The first-order valence-electron chi connectivity index (χ1n) is 6.52. The quantitative estimate of drug-likeness (QED) is 0.915. The van der Waals surface area contributed by atoms with Gasteiger partial charge >= 0.3 is 0 Å². The van der Waals surface area contributed by atoms with Gasteiger partial charge in [0.2, 0.25) is 0 Å². The largest absolute Gasteiger partial charge is 0.395 e. The van der Waals surface area contributed by atoms with Crippen molar-refractivity contribution in [3.05, 3.63) is 28.8 Å². The number of benzene rings is 1. The third-order valence-electron chi connectivity index (χ3n) is 3.43. The molecule has 1 aromatic rings. The van der Waals surface area contributed by atoms with Gasteiger partial charge in [-0.1, -0.05) is 11.6 Å². The lowest BCUT2D eigenvalue weighted by Gasteiger charge is -2.24. The third-order valence-corrected chi connectivity index (χ3v) is 3.66. The van der Waals surface area contributed by atoms with Crippen LogP contribution in [0.5, 0.6) is 0 Å². The Morgan fingerprint density at radius 2 is 2.11 bits per heavy atom.